The summed E-state index contributed by atoms with van der Waals surface area (Å²) in [6, 6.07) is 11.0. The van der Waals surface area contributed by atoms with Crippen LogP contribution in [-0.2, 0) is 10.0 Å². The van der Waals surface area contributed by atoms with Gasteiger partial charge in [-0.1, -0.05) is 12.1 Å². The highest BCUT2D eigenvalue weighted by atomic mass is 79.9. The van der Waals surface area contributed by atoms with Gasteiger partial charge in [0.05, 0.1) is 10.5 Å². The summed E-state index contributed by atoms with van der Waals surface area (Å²) in [5.74, 6) is -0.147. The minimum Gasteiger partial charge on any atom is -0.368 e. The fraction of sp³-hybridized carbons (Fsp3) is 0.409. The van der Waals surface area contributed by atoms with E-state index in [1.165, 1.54) is 28.9 Å². The maximum Gasteiger partial charge on any atom is 0.255 e. The Labute approximate surface area is 186 Å². The first-order valence-electron chi connectivity index (χ1n) is 10.2. The summed E-state index contributed by atoms with van der Waals surface area (Å²) in [6.45, 7) is 6.91. The van der Waals surface area contributed by atoms with Crippen LogP contribution in [0.25, 0.3) is 0 Å². The number of carbonyl (C=O) groups excluding carboxylic acids is 1. The van der Waals surface area contributed by atoms with Crippen molar-refractivity contribution >= 4 is 37.5 Å². The van der Waals surface area contributed by atoms with E-state index >= 15 is 0 Å². The Kier molecular flexibility index (Phi) is 5.92. The fourth-order valence-electron chi connectivity index (χ4n) is 3.72. The Morgan fingerprint density at radius 2 is 1.77 bits per heavy atom. The zero-order chi connectivity index (χ0) is 21.5. The van der Waals surface area contributed by atoms with Crippen LogP contribution in [0, 0.1) is 13.8 Å². The molecule has 160 valence electrons. The first kappa shape index (κ1) is 21.3. The SMILES string of the molecule is Cc1cccc(N2CCN(C(=O)c3cc(S(=O)(=O)NC4CC4)ccc3Br)CC2)c1C. The quantitative estimate of drug-likeness (QED) is 0.694. The Bertz CT molecular complexity index is 1080. The van der Waals surface area contributed by atoms with E-state index in [1.54, 1.807) is 11.0 Å². The third-order valence-electron chi connectivity index (χ3n) is 5.86. The zero-order valence-corrected chi connectivity index (χ0v) is 19.6. The second-order valence-corrected chi connectivity index (χ2v) is 10.6. The van der Waals surface area contributed by atoms with E-state index in [-0.39, 0.29) is 16.8 Å². The monoisotopic (exact) mass is 491 g/mol. The zero-order valence-electron chi connectivity index (χ0n) is 17.2. The molecule has 8 heteroatoms. The molecule has 1 N–H and O–H groups in total. The van der Waals surface area contributed by atoms with Gasteiger partial charge in [0.2, 0.25) is 10.0 Å². The molecular weight excluding hydrogens is 466 g/mol. The molecule has 2 aromatic rings. The lowest BCUT2D eigenvalue weighted by Gasteiger charge is -2.37. The van der Waals surface area contributed by atoms with Crippen LogP contribution in [0.1, 0.15) is 34.3 Å². The van der Waals surface area contributed by atoms with Crippen molar-refractivity contribution in [3.8, 4) is 0 Å². The molecule has 0 spiro atoms. The number of sulfonamides is 1. The molecule has 1 amide bonds. The summed E-state index contributed by atoms with van der Waals surface area (Å²) in [5, 5.41) is 0. The van der Waals surface area contributed by atoms with Gasteiger partial charge in [-0.15, -0.1) is 0 Å². The summed E-state index contributed by atoms with van der Waals surface area (Å²) in [5.41, 5.74) is 4.12. The summed E-state index contributed by atoms with van der Waals surface area (Å²) < 4.78 is 28.4. The van der Waals surface area contributed by atoms with Gasteiger partial charge in [-0.25, -0.2) is 13.1 Å². The number of halogens is 1. The predicted molar refractivity (Wildman–Crippen MR) is 122 cm³/mol. The lowest BCUT2D eigenvalue weighted by molar-refractivity contribution is 0.0745. The van der Waals surface area contributed by atoms with Gasteiger partial charge in [0.1, 0.15) is 0 Å². The topological polar surface area (TPSA) is 69.7 Å². The summed E-state index contributed by atoms with van der Waals surface area (Å²) in [4.78, 5) is 17.4. The van der Waals surface area contributed by atoms with E-state index in [0.717, 1.165) is 25.9 Å². The fourth-order valence-corrected chi connectivity index (χ4v) is 5.47. The summed E-state index contributed by atoms with van der Waals surface area (Å²) in [6.07, 6.45) is 1.73. The molecule has 30 heavy (non-hydrogen) atoms. The molecule has 1 aliphatic heterocycles. The van der Waals surface area contributed by atoms with Crippen molar-refractivity contribution < 1.29 is 13.2 Å². The van der Waals surface area contributed by atoms with Crippen LogP contribution in [0.15, 0.2) is 45.8 Å². The highest BCUT2D eigenvalue weighted by molar-refractivity contribution is 9.10. The number of amides is 1. The molecule has 0 radical (unpaired) electrons. The molecule has 0 atom stereocenters. The van der Waals surface area contributed by atoms with Crippen molar-refractivity contribution in [3.63, 3.8) is 0 Å². The molecule has 0 unspecified atom stereocenters. The molecule has 0 aromatic heterocycles. The van der Waals surface area contributed by atoms with E-state index < -0.39 is 10.0 Å². The molecule has 2 fully saturated rings. The Morgan fingerprint density at radius 1 is 1.07 bits per heavy atom. The lowest BCUT2D eigenvalue weighted by atomic mass is 10.1. The third-order valence-corrected chi connectivity index (χ3v) is 8.07. The highest BCUT2D eigenvalue weighted by Gasteiger charge is 2.30. The standard InChI is InChI=1S/C22H26BrN3O3S/c1-15-4-3-5-21(16(15)2)25-10-12-26(13-11-25)22(27)19-14-18(8-9-20(19)23)30(28,29)24-17-6-7-17/h3-5,8-9,14,17,24H,6-7,10-13H2,1-2H3. The van der Waals surface area contributed by atoms with E-state index in [4.69, 9.17) is 0 Å². The van der Waals surface area contributed by atoms with Gasteiger partial charge in [0, 0.05) is 42.4 Å². The average Bonchev–Trinajstić information content (AvgIpc) is 3.53. The van der Waals surface area contributed by atoms with Gasteiger partial charge >= 0.3 is 0 Å². The largest absolute Gasteiger partial charge is 0.368 e. The number of hydrogen-bond donors (Lipinski definition) is 1. The minimum absolute atomic E-state index is 0.0240. The summed E-state index contributed by atoms with van der Waals surface area (Å²) in [7, 11) is -3.60. The van der Waals surface area contributed by atoms with E-state index in [9.17, 15) is 13.2 Å². The van der Waals surface area contributed by atoms with Gasteiger partial charge in [-0.05, 0) is 78.0 Å². The van der Waals surface area contributed by atoms with Crippen LogP contribution in [-0.4, -0.2) is 51.4 Å². The number of carbonyl (C=O) groups is 1. The highest BCUT2D eigenvalue weighted by Crippen LogP contribution is 2.27. The average molecular weight is 492 g/mol. The third kappa shape index (κ3) is 4.40. The number of nitrogens with zero attached hydrogens (tertiary/aromatic N) is 2. The van der Waals surface area contributed by atoms with Gasteiger partial charge in [0.25, 0.3) is 5.91 Å². The number of benzene rings is 2. The van der Waals surface area contributed by atoms with Crippen LogP contribution >= 0.6 is 15.9 Å². The first-order chi connectivity index (χ1) is 14.3. The number of aryl methyl sites for hydroxylation is 1. The van der Waals surface area contributed by atoms with Crippen molar-refractivity contribution in [2.24, 2.45) is 0 Å². The van der Waals surface area contributed by atoms with Crippen molar-refractivity contribution in [1.29, 1.82) is 0 Å². The van der Waals surface area contributed by atoms with Crippen molar-refractivity contribution in [1.82, 2.24) is 9.62 Å². The van der Waals surface area contributed by atoms with Gasteiger partial charge in [0.15, 0.2) is 0 Å². The van der Waals surface area contributed by atoms with E-state index in [0.29, 0.717) is 23.1 Å². The molecule has 2 aromatic carbocycles. The lowest BCUT2D eigenvalue weighted by Crippen LogP contribution is -2.49. The van der Waals surface area contributed by atoms with Crippen molar-refractivity contribution in [3.05, 3.63) is 57.6 Å². The number of nitrogens with one attached hydrogen (secondary N) is 1. The number of rotatable bonds is 5. The van der Waals surface area contributed by atoms with Crippen LogP contribution in [0.5, 0.6) is 0 Å². The first-order valence-corrected chi connectivity index (χ1v) is 12.5. The predicted octanol–water partition coefficient (Wildman–Crippen LogP) is 3.47. The second kappa shape index (κ2) is 8.32. The van der Waals surface area contributed by atoms with E-state index in [1.807, 2.05) is 0 Å². The summed E-state index contributed by atoms with van der Waals surface area (Å²) >= 11 is 3.42. The molecule has 4 rings (SSSR count). The van der Waals surface area contributed by atoms with Crippen LogP contribution in [0.2, 0.25) is 0 Å². The van der Waals surface area contributed by atoms with Gasteiger partial charge in [-0.3, -0.25) is 4.79 Å². The molecule has 6 nitrogen and oxygen atoms in total. The molecule has 1 saturated heterocycles. The van der Waals surface area contributed by atoms with Gasteiger partial charge in [-0.2, -0.15) is 0 Å². The number of hydrogen-bond acceptors (Lipinski definition) is 4. The number of anilines is 1. The second-order valence-electron chi connectivity index (χ2n) is 8.04. The minimum atomic E-state index is -3.60. The molecule has 1 heterocycles. The number of piperazine rings is 1. The Morgan fingerprint density at radius 3 is 2.43 bits per heavy atom. The van der Waals surface area contributed by atoms with Crippen LogP contribution < -0.4 is 9.62 Å². The maximum absolute atomic E-state index is 13.2. The Balaban J connectivity index is 1.49. The van der Waals surface area contributed by atoms with Crippen LogP contribution in [0.3, 0.4) is 0 Å². The molecule has 1 saturated carbocycles. The van der Waals surface area contributed by atoms with E-state index in [2.05, 4.69) is 57.6 Å². The maximum atomic E-state index is 13.2. The molecule has 2 aliphatic rings. The van der Waals surface area contributed by atoms with Gasteiger partial charge < -0.3 is 9.80 Å². The molecule has 1 aliphatic carbocycles. The molecular formula is C22H26BrN3O3S. The normalized spacial score (nSPS) is 17.3. The smallest absolute Gasteiger partial charge is 0.255 e. The van der Waals surface area contributed by atoms with Crippen molar-refractivity contribution in [2.75, 3.05) is 31.1 Å². The van der Waals surface area contributed by atoms with Crippen molar-refractivity contribution in [2.45, 2.75) is 37.6 Å². The van der Waals surface area contributed by atoms with Crippen LogP contribution in [0.4, 0.5) is 5.69 Å². The Hall–Kier alpha value is -1.90. The molecule has 0 bridgehead atoms.